The van der Waals surface area contributed by atoms with Gasteiger partial charge in [-0.2, -0.15) is 5.26 Å². The molecule has 1 heterocycles. The highest BCUT2D eigenvalue weighted by Crippen LogP contribution is 2.43. The first kappa shape index (κ1) is 25.2. The second-order valence-corrected chi connectivity index (χ2v) is 9.32. The lowest BCUT2D eigenvalue weighted by atomic mass is 9.83. The molecule has 1 aliphatic heterocycles. The molecule has 1 aliphatic rings. The van der Waals surface area contributed by atoms with Crippen molar-refractivity contribution in [2.75, 3.05) is 0 Å². The van der Waals surface area contributed by atoms with Crippen molar-refractivity contribution in [3.05, 3.63) is 135 Å². The zero-order valence-corrected chi connectivity index (χ0v) is 21.4. The number of hydrogen-bond acceptors (Lipinski definition) is 6. The van der Waals surface area contributed by atoms with Gasteiger partial charge < -0.3 is 19.9 Å². The lowest BCUT2D eigenvalue weighted by Crippen LogP contribution is -2.21. The molecule has 5 rings (SSSR count). The van der Waals surface area contributed by atoms with Gasteiger partial charge in [0, 0.05) is 27.2 Å². The minimum absolute atomic E-state index is 0.0117. The second kappa shape index (κ2) is 10.9. The molecule has 0 bridgehead atoms. The molecule has 0 saturated heterocycles. The molecule has 0 aromatic heterocycles. The van der Waals surface area contributed by atoms with Crippen LogP contribution in [0, 0.1) is 11.3 Å². The molecular weight excluding hydrogens is 523 g/mol. The fourth-order valence-electron chi connectivity index (χ4n) is 4.16. The summed E-state index contributed by atoms with van der Waals surface area (Å²) in [5, 5.41) is 10.9. The number of fused-ring (bicyclic) bond motifs is 1. The van der Waals surface area contributed by atoms with Crippen LogP contribution in [0.1, 0.15) is 33.0 Å². The van der Waals surface area contributed by atoms with Crippen LogP contribution in [0.15, 0.2) is 102 Å². The van der Waals surface area contributed by atoms with E-state index >= 15 is 0 Å². The Balaban J connectivity index is 1.38. The number of hydrogen-bond donors (Lipinski definition) is 1. The first-order chi connectivity index (χ1) is 18.4. The SMILES string of the molecule is N#CC1=C(N)Oc2cc(OC(=O)c3cccc(Cl)c3)ccc2C1c1ccc(OCc2ccccc2Cl)cc1. The molecule has 0 radical (unpaired) electrons. The Morgan fingerprint density at radius 2 is 1.71 bits per heavy atom. The number of nitrogens with two attached hydrogens (primary N) is 1. The highest BCUT2D eigenvalue weighted by molar-refractivity contribution is 6.31. The third-order valence-electron chi connectivity index (χ3n) is 6.03. The van der Waals surface area contributed by atoms with Crippen molar-refractivity contribution in [2.45, 2.75) is 12.5 Å². The van der Waals surface area contributed by atoms with Gasteiger partial charge in [-0.15, -0.1) is 0 Å². The van der Waals surface area contributed by atoms with Gasteiger partial charge >= 0.3 is 5.97 Å². The molecule has 8 heteroatoms. The summed E-state index contributed by atoms with van der Waals surface area (Å²) in [5.41, 5.74) is 9.14. The zero-order valence-electron chi connectivity index (χ0n) is 19.9. The Morgan fingerprint density at radius 1 is 0.947 bits per heavy atom. The molecule has 0 saturated carbocycles. The molecule has 4 aromatic carbocycles. The van der Waals surface area contributed by atoms with Crippen LogP contribution in [-0.4, -0.2) is 5.97 Å². The summed E-state index contributed by atoms with van der Waals surface area (Å²) in [6, 6.07) is 28.5. The van der Waals surface area contributed by atoms with Gasteiger partial charge in [0.1, 0.15) is 35.5 Å². The topological polar surface area (TPSA) is 94.6 Å². The summed E-state index contributed by atoms with van der Waals surface area (Å²) < 4.78 is 17.1. The number of halogens is 2. The van der Waals surface area contributed by atoms with Crippen LogP contribution in [0.2, 0.25) is 10.0 Å². The summed E-state index contributed by atoms with van der Waals surface area (Å²) in [6.45, 7) is 0.325. The molecule has 1 unspecified atom stereocenters. The number of nitrogens with zero attached hydrogens (tertiary/aromatic N) is 1. The Kier molecular flexibility index (Phi) is 7.23. The highest BCUT2D eigenvalue weighted by Gasteiger charge is 2.31. The van der Waals surface area contributed by atoms with E-state index in [1.807, 2.05) is 48.5 Å². The first-order valence-electron chi connectivity index (χ1n) is 11.6. The number of rotatable bonds is 6. The fraction of sp³-hybridized carbons (Fsp3) is 0.0667. The number of carbonyl (C=O) groups is 1. The van der Waals surface area contributed by atoms with Gasteiger partial charge in [0.05, 0.1) is 11.5 Å². The lowest BCUT2D eigenvalue weighted by Gasteiger charge is -2.26. The van der Waals surface area contributed by atoms with Gasteiger partial charge in [0.2, 0.25) is 5.88 Å². The van der Waals surface area contributed by atoms with Gasteiger partial charge in [0.25, 0.3) is 0 Å². The molecular formula is C30H20Cl2N2O4. The van der Waals surface area contributed by atoms with E-state index in [1.54, 1.807) is 36.4 Å². The van der Waals surface area contributed by atoms with Crippen molar-refractivity contribution in [3.8, 4) is 23.3 Å². The van der Waals surface area contributed by atoms with Crippen LogP contribution in [0.5, 0.6) is 17.2 Å². The lowest BCUT2D eigenvalue weighted by molar-refractivity contribution is 0.0734. The number of ether oxygens (including phenoxy) is 3. The van der Waals surface area contributed by atoms with Crippen LogP contribution < -0.4 is 19.9 Å². The summed E-state index contributed by atoms with van der Waals surface area (Å²) >= 11 is 12.2. The molecule has 1 atom stereocenters. The number of esters is 1. The highest BCUT2D eigenvalue weighted by atomic mass is 35.5. The number of nitriles is 1. The smallest absolute Gasteiger partial charge is 0.343 e. The van der Waals surface area contributed by atoms with Crippen LogP contribution in [0.3, 0.4) is 0 Å². The molecule has 4 aromatic rings. The summed E-state index contributed by atoms with van der Waals surface area (Å²) in [4.78, 5) is 12.6. The molecule has 188 valence electrons. The standard InChI is InChI=1S/C30H20Cl2N2O4/c31-21-6-3-5-19(14-21)30(35)37-23-12-13-24-27(15-23)38-29(34)25(16-33)28(24)18-8-10-22(11-9-18)36-17-20-4-1-2-7-26(20)32/h1-15,28H,17,34H2. The van der Waals surface area contributed by atoms with Gasteiger partial charge in [0.15, 0.2) is 0 Å². The molecule has 6 nitrogen and oxygen atoms in total. The largest absolute Gasteiger partial charge is 0.489 e. The summed E-state index contributed by atoms with van der Waals surface area (Å²) in [5.74, 6) is 0.264. The summed E-state index contributed by atoms with van der Waals surface area (Å²) in [7, 11) is 0. The van der Waals surface area contributed by atoms with Crippen molar-refractivity contribution in [1.29, 1.82) is 5.26 Å². The van der Waals surface area contributed by atoms with Crippen molar-refractivity contribution in [3.63, 3.8) is 0 Å². The Morgan fingerprint density at radius 3 is 2.45 bits per heavy atom. The molecule has 38 heavy (non-hydrogen) atoms. The average molecular weight is 543 g/mol. The normalized spacial score (nSPS) is 14.2. The van der Waals surface area contributed by atoms with Crippen LogP contribution in [0.25, 0.3) is 0 Å². The van der Waals surface area contributed by atoms with Gasteiger partial charge in [-0.25, -0.2) is 4.79 Å². The van der Waals surface area contributed by atoms with Crippen molar-refractivity contribution < 1.29 is 19.0 Å². The quantitative estimate of drug-likeness (QED) is 0.208. The Bertz CT molecular complexity index is 1590. The number of carbonyl (C=O) groups excluding carboxylic acids is 1. The van der Waals surface area contributed by atoms with Crippen molar-refractivity contribution in [1.82, 2.24) is 0 Å². The number of allylic oxidation sites excluding steroid dienone is 1. The molecule has 0 aliphatic carbocycles. The number of benzene rings is 4. The van der Waals surface area contributed by atoms with E-state index in [2.05, 4.69) is 6.07 Å². The van der Waals surface area contributed by atoms with Crippen molar-refractivity contribution in [2.24, 2.45) is 5.73 Å². The van der Waals surface area contributed by atoms with Gasteiger partial charge in [-0.3, -0.25) is 0 Å². The molecule has 0 spiro atoms. The van der Waals surface area contributed by atoms with Crippen molar-refractivity contribution >= 4 is 29.2 Å². The minimum atomic E-state index is -0.562. The molecule has 0 amide bonds. The van der Waals surface area contributed by atoms with Gasteiger partial charge in [-0.05, 0) is 48.0 Å². The zero-order chi connectivity index (χ0) is 26.6. The predicted octanol–water partition coefficient (Wildman–Crippen LogP) is 7.01. The summed E-state index contributed by atoms with van der Waals surface area (Å²) in [6.07, 6.45) is 0. The van der Waals surface area contributed by atoms with E-state index in [-0.39, 0.29) is 17.2 Å². The monoisotopic (exact) mass is 542 g/mol. The average Bonchev–Trinajstić information content (AvgIpc) is 2.92. The fourth-order valence-corrected chi connectivity index (χ4v) is 4.54. The first-order valence-corrected chi connectivity index (χ1v) is 12.3. The van der Waals surface area contributed by atoms with Crippen LogP contribution in [-0.2, 0) is 6.61 Å². The van der Waals surface area contributed by atoms with Gasteiger partial charge in [-0.1, -0.05) is 65.7 Å². The van der Waals surface area contributed by atoms with E-state index in [4.69, 9.17) is 43.1 Å². The maximum Gasteiger partial charge on any atom is 0.343 e. The Labute approximate surface area is 229 Å². The van der Waals surface area contributed by atoms with E-state index in [1.165, 1.54) is 6.07 Å². The maximum absolute atomic E-state index is 12.6. The van der Waals surface area contributed by atoms with E-state index in [0.717, 1.165) is 11.1 Å². The van der Waals surface area contributed by atoms with E-state index in [0.29, 0.717) is 39.3 Å². The Hall–Kier alpha value is -4.44. The van der Waals surface area contributed by atoms with Crippen LogP contribution >= 0.6 is 23.2 Å². The van der Waals surface area contributed by atoms with Crippen LogP contribution in [0.4, 0.5) is 0 Å². The second-order valence-electron chi connectivity index (χ2n) is 8.47. The maximum atomic E-state index is 12.6. The minimum Gasteiger partial charge on any atom is -0.489 e. The van der Waals surface area contributed by atoms with E-state index in [9.17, 15) is 10.1 Å². The van der Waals surface area contributed by atoms with E-state index < -0.39 is 11.9 Å². The third-order valence-corrected chi connectivity index (χ3v) is 6.63. The third kappa shape index (κ3) is 5.30. The molecule has 2 N–H and O–H groups in total. The molecule has 0 fully saturated rings. The predicted molar refractivity (Wildman–Crippen MR) is 144 cm³/mol.